The molecular formula is C17H29N3O. The van der Waals surface area contributed by atoms with Gasteiger partial charge in [0.05, 0.1) is 6.61 Å². The van der Waals surface area contributed by atoms with Crippen molar-refractivity contribution in [3.63, 3.8) is 0 Å². The van der Waals surface area contributed by atoms with Crippen LogP contribution in [0.4, 0.5) is 0 Å². The van der Waals surface area contributed by atoms with Gasteiger partial charge >= 0.3 is 0 Å². The first-order valence-corrected chi connectivity index (χ1v) is 8.22. The zero-order valence-electron chi connectivity index (χ0n) is 13.7. The van der Waals surface area contributed by atoms with E-state index in [9.17, 15) is 0 Å². The normalized spacial score (nSPS) is 18.0. The van der Waals surface area contributed by atoms with E-state index in [4.69, 9.17) is 9.72 Å². The summed E-state index contributed by atoms with van der Waals surface area (Å²) in [4.78, 5) is 9.33. The highest BCUT2D eigenvalue weighted by molar-refractivity contribution is 5.21. The van der Waals surface area contributed by atoms with Gasteiger partial charge in [-0.25, -0.2) is 9.97 Å². The highest BCUT2D eigenvalue weighted by atomic mass is 16.5. The molecule has 0 aliphatic heterocycles. The molecule has 1 unspecified atom stereocenters. The van der Waals surface area contributed by atoms with E-state index in [0.29, 0.717) is 11.8 Å². The number of methoxy groups -OCH3 is 1. The lowest BCUT2D eigenvalue weighted by Gasteiger charge is -2.24. The summed E-state index contributed by atoms with van der Waals surface area (Å²) in [5, 5.41) is 3.47. The maximum Gasteiger partial charge on any atom is 0.128 e. The number of hydrogen-bond donors (Lipinski definition) is 1. The molecule has 1 aromatic heterocycles. The predicted molar refractivity (Wildman–Crippen MR) is 85.5 cm³/mol. The maximum absolute atomic E-state index is 5.06. The third-order valence-electron chi connectivity index (χ3n) is 4.16. The lowest BCUT2D eigenvalue weighted by atomic mass is 9.87. The van der Waals surface area contributed by atoms with Crippen molar-refractivity contribution in [2.45, 2.75) is 46.0 Å². The van der Waals surface area contributed by atoms with Crippen LogP contribution in [0, 0.1) is 11.8 Å². The lowest BCUT2D eigenvalue weighted by molar-refractivity contribution is 0.197. The highest BCUT2D eigenvalue weighted by Gasteiger charge is 2.20. The summed E-state index contributed by atoms with van der Waals surface area (Å²) in [6, 6.07) is 0. The molecule has 0 aromatic carbocycles. The van der Waals surface area contributed by atoms with Gasteiger partial charge in [-0.1, -0.05) is 13.8 Å². The molecule has 1 heterocycles. The molecule has 1 N–H and O–H groups in total. The molecule has 0 bridgehead atoms. The van der Waals surface area contributed by atoms with E-state index in [1.54, 1.807) is 7.11 Å². The van der Waals surface area contributed by atoms with Crippen molar-refractivity contribution in [3.05, 3.63) is 23.3 Å². The third kappa shape index (κ3) is 5.36. The standard InChI is InChI=1S/C17H29N3O/c1-13(2)4-7-17-19-12-15-10-14(5-6-16(15)20-17)11-18-8-9-21-3/h12-14,18H,4-11H2,1-3H3. The lowest BCUT2D eigenvalue weighted by Crippen LogP contribution is -2.30. The topological polar surface area (TPSA) is 47.0 Å². The van der Waals surface area contributed by atoms with E-state index >= 15 is 0 Å². The summed E-state index contributed by atoms with van der Waals surface area (Å²) in [6.45, 7) is 7.28. The van der Waals surface area contributed by atoms with Crippen molar-refractivity contribution < 1.29 is 4.74 Å². The molecule has 4 heteroatoms. The molecule has 0 radical (unpaired) electrons. The quantitative estimate of drug-likeness (QED) is 0.747. The van der Waals surface area contributed by atoms with Crippen LogP contribution < -0.4 is 5.32 Å². The fourth-order valence-electron chi connectivity index (χ4n) is 2.82. The predicted octanol–water partition coefficient (Wildman–Crippen LogP) is 2.41. The number of fused-ring (bicyclic) bond motifs is 1. The van der Waals surface area contributed by atoms with Crippen LogP contribution in [0.25, 0.3) is 0 Å². The largest absolute Gasteiger partial charge is 0.383 e. The summed E-state index contributed by atoms with van der Waals surface area (Å²) >= 11 is 0. The van der Waals surface area contributed by atoms with Crippen LogP contribution in [0.5, 0.6) is 0 Å². The second-order valence-electron chi connectivity index (χ2n) is 6.50. The summed E-state index contributed by atoms with van der Waals surface area (Å²) in [7, 11) is 1.74. The molecule has 21 heavy (non-hydrogen) atoms. The van der Waals surface area contributed by atoms with Gasteiger partial charge in [-0.05, 0) is 49.6 Å². The molecule has 1 aromatic rings. The second-order valence-corrected chi connectivity index (χ2v) is 6.50. The first kappa shape index (κ1) is 16.4. The Kier molecular flexibility index (Phi) is 6.58. The van der Waals surface area contributed by atoms with E-state index in [0.717, 1.165) is 44.8 Å². The molecule has 118 valence electrons. The number of nitrogens with zero attached hydrogens (tertiary/aromatic N) is 2. The van der Waals surface area contributed by atoms with Gasteiger partial charge in [-0.3, -0.25) is 0 Å². The number of rotatable bonds is 8. The van der Waals surface area contributed by atoms with Gasteiger partial charge in [-0.2, -0.15) is 0 Å². The van der Waals surface area contributed by atoms with E-state index < -0.39 is 0 Å². The fraction of sp³-hybridized carbons (Fsp3) is 0.765. The molecule has 2 rings (SSSR count). The average Bonchev–Trinajstić information content (AvgIpc) is 2.49. The minimum absolute atomic E-state index is 0.708. The van der Waals surface area contributed by atoms with Crippen molar-refractivity contribution in [3.8, 4) is 0 Å². The number of ether oxygens (including phenoxy) is 1. The molecule has 0 fully saturated rings. The van der Waals surface area contributed by atoms with Crippen LogP contribution in [-0.2, 0) is 24.0 Å². The Morgan fingerprint density at radius 2 is 2.29 bits per heavy atom. The van der Waals surface area contributed by atoms with Gasteiger partial charge in [0.2, 0.25) is 0 Å². The summed E-state index contributed by atoms with van der Waals surface area (Å²) in [5.74, 6) is 2.45. The fourth-order valence-corrected chi connectivity index (χ4v) is 2.82. The second kappa shape index (κ2) is 8.44. The van der Waals surface area contributed by atoms with Gasteiger partial charge in [0.25, 0.3) is 0 Å². The first-order chi connectivity index (χ1) is 10.2. The van der Waals surface area contributed by atoms with Gasteiger partial charge < -0.3 is 10.1 Å². The maximum atomic E-state index is 5.06. The van der Waals surface area contributed by atoms with Crippen molar-refractivity contribution >= 4 is 0 Å². The zero-order valence-corrected chi connectivity index (χ0v) is 13.7. The Labute approximate surface area is 128 Å². The van der Waals surface area contributed by atoms with E-state index in [2.05, 4.69) is 30.3 Å². The Hall–Kier alpha value is -1.00. The Morgan fingerprint density at radius 1 is 1.43 bits per heavy atom. The van der Waals surface area contributed by atoms with E-state index in [-0.39, 0.29) is 0 Å². The van der Waals surface area contributed by atoms with Crippen LogP contribution in [-0.4, -0.2) is 36.8 Å². The minimum Gasteiger partial charge on any atom is -0.383 e. The SMILES string of the molecule is COCCNCC1CCc2nc(CCC(C)C)ncc2C1. The molecular weight excluding hydrogens is 262 g/mol. The van der Waals surface area contributed by atoms with Crippen LogP contribution in [0.1, 0.15) is 43.8 Å². The van der Waals surface area contributed by atoms with Gasteiger partial charge in [-0.15, -0.1) is 0 Å². The van der Waals surface area contributed by atoms with Gasteiger partial charge in [0.1, 0.15) is 5.82 Å². The van der Waals surface area contributed by atoms with Crippen molar-refractivity contribution in [2.24, 2.45) is 11.8 Å². The molecule has 0 amide bonds. The Bertz CT molecular complexity index is 434. The van der Waals surface area contributed by atoms with Crippen LogP contribution in [0.15, 0.2) is 6.20 Å². The van der Waals surface area contributed by atoms with E-state index in [1.165, 1.54) is 24.1 Å². The van der Waals surface area contributed by atoms with Gasteiger partial charge in [0, 0.05) is 32.0 Å². The van der Waals surface area contributed by atoms with Crippen molar-refractivity contribution in [1.29, 1.82) is 0 Å². The molecule has 1 aliphatic carbocycles. The number of aryl methyl sites for hydroxylation is 2. The van der Waals surface area contributed by atoms with E-state index in [1.807, 2.05) is 0 Å². The third-order valence-corrected chi connectivity index (χ3v) is 4.16. The average molecular weight is 291 g/mol. The Morgan fingerprint density at radius 3 is 3.05 bits per heavy atom. The smallest absolute Gasteiger partial charge is 0.128 e. The molecule has 0 saturated heterocycles. The zero-order chi connectivity index (χ0) is 15.1. The summed E-state index contributed by atoms with van der Waals surface area (Å²) in [6.07, 6.45) is 7.69. The number of nitrogens with one attached hydrogen (secondary N) is 1. The van der Waals surface area contributed by atoms with Crippen molar-refractivity contribution in [2.75, 3.05) is 26.8 Å². The summed E-state index contributed by atoms with van der Waals surface area (Å²) in [5.41, 5.74) is 2.64. The summed E-state index contributed by atoms with van der Waals surface area (Å²) < 4.78 is 5.06. The first-order valence-electron chi connectivity index (χ1n) is 8.22. The monoisotopic (exact) mass is 291 g/mol. The molecule has 0 saturated carbocycles. The van der Waals surface area contributed by atoms with Crippen LogP contribution in [0.3, 0.4) is 0 Å². The highest BCUT2D eigenvalue weighted by Crippen LogP contribution is 2.23. The van der Waals surface area contributed by atoms with Gasteiger partial charge in [0.15, 0.2) is 0 Å². The Balaban J connectivity index is 1.84. The minimum atomic E-state index is 0.708. The van der Waals surface area contributed by atoms with Crippen LogP contribution in [0.2, 0.25) is 0 Å². The molecule has 0 spiro atoms. The molecule has 1 aliphatic rings. The molecule has 1 atom stereocenters. The van der Waals surface area contributed by atoms with Crippen molar-refractivity contribution in [1.82, 2.24) is 15.3 Å². The molecule has 4 nitrogen and oxygen atoms in total. The van der Waals surface area contributed by atoms with Crippen LogP contribution >= 0.6 is 0 Å². The number of aromatic nitrogens is 2. The number of hydrogen-bond acceptors (Lipinski definition) is 4.